The molecule has 140 valence electrons. The molecule has 0 fully saturated rings. The first kappa shape index (κ1) is 20.1. The first-order valence-corrected chi connectivity index (χ1v) is 9.70. The number of carbonyl (C=O) groups is 2. The highest BCUT2D eigenvalue weighted by Gasteiger charge is 2.12. The first-order valence-electron chi connectivity index (χ1n) is 8.82. The zero-order valence-corrected chi connectivity index (χ0v) is 16.6. The molecule has 0 unspecified atom stereocenters. The van der Waals surface area contributed by atoms with Crippen LogP contribution in [-0.2, 0) is 20.7 Å². The van der Waals surface area contributed by atoms with Gasteiger partial charge in [-0.3, -0.25) is 9.59 Å². The number of esters is 1. The summed E-state index contributed by atoms with van der Waals surface area (Å²) in [5.41, 5.74) is 2.97. The third-order valence-electron chi connectivity index (χ3n) is 3.77. The van der Waals surface area contributed by atoms with Gasteiger partial charge in [0.2, 0.25) is 0 Å². The molecule has 0 saturated heterocycles. The average molecular weight is 375 g/mol. The standard InChI is InChI=1S/C20H26N2O3S/c1-13(2)10-21-18(23)11-25-19(24)9-17-12-26-20(22-17)16-7-5-15(6-8-16)14(3)4/h5-8,12-14H,9-11H2,1-4H3,(H,21,23). The Morgan fingerprint density at radius 1 is 1.15 bits per heavy atom. The number of rotatable bonds is 8. The van der Waals surface area contributed by atoms with E-state index >= 15 is 0 Å². The molecule has 0 bridgehead atoms. The van der Waals surface area contributed by atoms with Crippen LogP contribution in [0.3, 0.4) is 0 Å². The molecule has 0 aliphatic rings. The van der Waals surface area contributed by atoms with E-state index in [1.807, 2.05) is 19.2 Å². The number of hydrogen-bond acceptors (Lipinski definition) is 5. The number of nitrogens with one attached hydrogen (secondary N) is 1. The number of aromatic nitrogens is 1. The second kappa shape index (κ2) is 9.48. The van der Waals surface area contributed by atoms with E-state index in [1.165, 1.54) is 16.9 Å². The van der Waals surface area contributed by atoms with Gasteiger partial charge in [0.15, 0.2) is 6.61 Å². The van der Waals surface area contributed by atoms with E-state index in [0.29, 0.717) is 24.1 Å². The molecule has 1 heterocycles. The molecule has 0 aliphatic heterocycles. The Bertz CT molecular complexity index is 736. The highest BCUT2D eigenvalue weighted by atomic mass is 32.1. The maximum Gasteiger partial charge on any atom is 0.312 e. The number of hydrogen-bond donors (Lipinski definition) is 1. The number of ether oxygens (including phenoxy) is 1. The quantitative estimate of drug-likeness (QED) is 0.714. The van der Waals surface area contributed by atoms with E-state index in [1.54, 1.807) is 0 Å². The van der Waals surface area contributed by atoms with E-state index in [-0.39, 0.29) is 18.9 Å². The molecule has 1 amide bonds. The van der Waals surface area contributed by atoms with E-state index in [0.717, 1.165) is 10.6 Å². The molecule has 0 atom stereocenters. The summed E-state index contributed by atoms with van der Waals surface area (Å²) in [5.74, 6) is 0.119. The minimum absolute atomic E-state index is 0.0675. The SMILES string of the molecule is CC(C)CNC(=O)COC(=O)Cc1csc(-c2ccc(C(C)C)cc2)n1. The van der Waals surface area contributed by atoms with Crippen LogP contribution in [0.2, 0.25) is 0 Å². The third-order valence-corrected chi connectivity index (χ3v) is 4.71. The maximum atomic E-state index is 11.9. The molecule has 0 saturated carbocycles. The van der Waals surface area contributed by atoms with Gasteiger partial charge in [-0.05, 0) is 17.4 Å². The van der Waals surface area contributed by atoms with Crippen molar-refractivity contribution in [3.05, 3.63) is 40.9 Å². The zero-order valence-electron chi connectivity index (χ0n) is 15.7. The van der Waals surface area contributed by atoms with Crippen LogP contribution in [0.4, 0.5) is 0 Å². The fourth-order valence-corrected chi connectivity index (χ4v) is 3.07. The van der Waals surface area contributed by atoms with Crippen molar-refractivity contribution in [3.63, 3.8) is 0 Å². The van der Waals surface area contributed by atoms with Gasteiger partial charge >= 0.3 is 5.97 Å². The number of amides is 1. The molecule has 26 heavy (non-hydrogen) atoms. The summed E-state index contributed by atoms with van der Waals surface area (Å²) in [6, 6.07) is 8.31. The summed E-state index contributed by atoms with van der Waals surface area (Å²) in [7, 11) is 0. The number of carbonyl (C=O) groups excluding carboxylic acids is 2. The van der Waals surface area contributed by atoms with Crippen molar-refractivity contribution in [2.24, 2.45) is 5.92 Å². The average Bonchev–Trinajstić information content (AvgIpc) is 3.06. The lowest BCUT2D eigenvalue weighted by atomic mass is 10.0. The molecule has 0 spiro atoms. The van der Waals surface area contributed by atoms with Crippen LogP contribution in [0, 0.1) is 5.92 Å². The lowest BCUT2D eigenvalue weighted by Gasteiger charge is -2.07. The predicted octanol–water partition coefficient (Wildman–Crippen LogP) is 3.79. The predicted molar refractivity (Wildman–Crippen MR) is 104 cm³/mol. The van der Waals surface area contributed by atoms with Crippen molar-refractivity contribution in [1.29, 1.82) is 0 Å². The van der Waals surface area contributed by atoms with Gasteiger partial charge in [0.05, 0.1) is 12.1 Å². The van der Waals surface area contributed by atoms with E-state index in [9.17, 15) is 9.59 Å². The maximum absolute atomic E-state index is 11.9. The molecule has 6 heteroatoms. The smallest absolute Gasteiger partial charge is 0.312 e. The minimum atomic E-state index is -0.447. The summed E-state index contributed by atoms with van der Waals surface area (Å²) < 4.78 is 5.01. The van der Waals surface area contributed by atoms with Crippen molar-refractivity contribution in [2.45, 2.75) is 40.0 Å². The number of benzene rings is 1. The van der Waals surface area contributed by atoms with Crippen LogP contribution < -0.4 is 5.32 Å². The Kier molecular flexibility index (Phi) is 7.33. The van der Waals surface area contributed by atoms with Gasteiger partial charge in [0.1, 0.15) is 5.01 Å². The fraction of sp³-hybridized carbons (Fsp3) is 0.450. The number of thiazole rings is 1. The second-order valence-corrected chi connectivity index (χ2v) is 7.81. The van der Waals surface area contributed by atoms with Gasteiger partial charge in [0.25, 0.3) is 5.91 Å². The van der Waals surface area contributed by atoms with Gasteiger partial charge < -0.3 is 10.1 Å². The molecule has 1 aromatic heterocycles. The van der Waals surface area contributed by atoms with Crippen molar-refractivity contribution in [2.75, 3.05) is 13.2 Å². The van der Waals surface area contributed by atoms with Gasteiger partial charge in [-0.15, -0.1) is 11.3 Å². The highest BCUT2D eigenvalue weighted by Crippen LogP contribution is 2.26. The van der Waals surface area contributed by atoms with Crippen LogP contribution in [0.25, 0.3) is 10.6 Å². The van der Waals surface area contributed by atoms with Crippen LogP contribution in [-0.4, -0.2) is 30.0 Å². The Morgan fingerprint density at radius 2 is 1.85 bits per heavy atom. The largest absolute Gasteiger partial charge is 0.455 e. The monoisotopic (exact) mass is 374 g/mol. The van der Waals surface area contributed by atoms with Crippen molar-refractivity contribution < 1.29 is 14.3 Å². The summed E-state index contributed by atoms with van der Waals surface area (Å²) in [4.78, 5) is 27.9. The van der Waals surface area contributed by atoms with Crippen LogP contribution in [0.15, 0.2) is 29.6 Å². The van der Waals surface area contributed by atoms with E-state index in [2.05, 4.69) is 48.4 Å². The summed E-state index contributed by atoms with van der Waals surface area (Å²) >= 11 is 1.50. The zero-order chi connectivity index (χ0) is 19.1. The van der Waals surface area contributed by atoms with Gasteiger partial charge in [0, 0.05) is 17.5 Å². The Hall–Kier alpha value is -2.21. The van der Waals surface area contributed by atoms with Crippen molar-refractivity contribution in [1.82, 2.24) is 10.3 Å². The summed E-state index contributed by atoms with van der Waals surface area (Å²) in [6.07, 6.45) is 0.0675. The number of nitrogens with zero attached hydrogens (tertiary/aromatic N) is 1. The second-order valence-electron chi connectivity index (χ2n) is 6.96. The van der Waals surface area contributed by atoms with E-state index < -0.39 is 5.97 Å². The van der Waals surface area contributed by atoms with Gasteiger partial charge in [-0.1, -0.05) is 52.0 Å². The summed E-state index contributed by atoms with van der Waals surface area (Å²) in [6.45, 7) is 8.64. The van der Waals surface area contributed by atoms with Crippen molar-refractivity contribution >= 4 is 23.2 Å². The Morgan fingerprint density at radius 3 is 2.46 bits per heavy atom. The normalized spacial score (nSPS) is 11.0. The minimum Gasteiger partial charge on any atom is -0.455 e. The topological polar surface area (TPSA) is 68.3 Å². The van der Waals surface area contributed by atoms with Gasteiger partial charge in [-0.2, -0.15) is 0 Å². The molecule has 5 nitrogen and oxygen atoms in total. The molecule has 2 aromatic rings. The molecule has 1 aromatic carbocycles. The van der Waals surface area contributed by atoms with Crippen LogP contribution in [0.5, 0.6) is 0 Å². The van der Waals surface area contributed by atoms with Crippen molar-refractivity contribution in [3.8, 4) is 10.6 Å². The lowest BCUT2D eigenvalue weighted by molar-refractivity contribution is -0.147. The molecule has 0 radical (unpaired) electrons. The fourth-order valence-electron chi connectivity index (χ4n) is 2.25. The molecule has 0 aliphatic carbocycles. The van der Waals surface area contributed by atoms with Crippen LogP contribution in [0.1, 0.15) is 44.9 Å². The molecular weight excluding hydrogens is 348 g/mol. The third kappa shape index (κ3) is 6.26. The van der Waals surface area contributed by atoms with E-state index in [4.69, 9.17) is 4.74 Å². The van der Waals surface area contributed by atoms with Gasteiger partial charge in [-0.25, -0.2) is 4.98 Å². The molecule has 2 rings (SSSR count). The molecule has 1 N–H and O–H groups in total. The first-order chi connectivity index (χ1) is 12.3. The Labute approximate surface area is 158 Å². The Balaban J connectivity index is 1.85. The lowest BCUT2D eigenvalue weighted by Crippen LogP contribution is -2.31. The highest BCUT2D eigenvalue weighted by molar-refractivity contribution is 7.13. The summed E-state index contributed by atoms with van der Waals surface area (Å²) in [5, 5.41) is 5.44. The van der Waals surface area contributed by atoms with Crippen LogP contribution >= 0.6 is 11.3 Å². The molecular formula is C20H26N2O3S.